The first-order valence-electron chi connectivity index (χ1n) is 13.0. The third kappa shape index (κ3) is 7.99. The maximum atomic E-state index is 13.9. The minimum absolute atomic E-state index is 0.0426. The van der Waals surface area contributed by atoms with Crippen LogP contribution >= 0.6 is 0 Å². The Morgan fingerprint density at radius 1 is 0.846 bits per heavy atom. The van der Waals surface area contributed by atoms with E-state index in [1.165, 1.54) is 9.80 Å². The highest BCUT2D eigenvalue weighted by molar-refractivity contribution is 5.98. The van der Waals surface area contributed by atoms with Gasteiger partial charge in [0.05, 0.1) is 13.2 Å². The minimum Gasteiger partial charge on any atom is -0.374 e. The maximum absolute atomic E-state index is 13.9. The Hall–Kier alpha value is -4.01. The number of carbonyl (C=O) groups excluding carboxylic acids is 3. The van der Waals surface area contributed by atoms with Crippen molar-refractivity contribution < 1.29 is 19.1 Å². The van der Waals surface area contributed by atoms with Crippen molar-refractivity contribution in [3.05, 3.63) is 107 Å². The molecule has 0 aromatic heterocycles. The Bertz CT molecular complexity index is 1230. The summed E-state index contributed by atoms with van der Waals surface area (Å²) in [6, 6.07) is 24.2. The first-order chi connectivity index (χ1) is 18.7. The molecule has 0 aliphatic rings. The van der Waals surface area contributed by atoms with Crippen LogP contribution in [0.3, 0.4) is 0 Å². The van der Waals surface area contributed by atoms with Crippen LogP contribution in [-0.2, 0) is 27.4 Å². The summed E-state index contributed by atoms with van der Waals surface area (Å²) in [4.78, 5) is 43.2. The lowest BCUT2D eigenvalue weighted by atomic mass is 10.0. The summed E-state index contributed by atoms with van der Waals surface area (Å²) >= 11 is 0. The Labute approximate surface area is 230 Å². The van der Waals surface area contributed by atoms with Crippen LogP contribution in [0, 0.1) is 0 Å². The van der Waals surface area contributed by atoms with E-state index < -0.39 is 18.0 Å². The third-order valence-electron chi connectivity index (χ3n) is 6.76. The Morgan fingerprint density at radius 2 is 1.46 bits per heavy atom. The summed E-state index contributed by atoms with van der Waals surface area (Å²) < 4.78 is 5.95. The van der Waals surface area contributed by atoms with E-state index >= 15 is 0 Å². The molecule has 3 rings (SSSR count). The molecule has 3 aromatic carbocycles. The van der Waals surface area contributed by atoms with Crippen LogP contribution in [0.25, 0.3) is 0 Å². The largest absolute Gasteiger partial charge is 0.374 e. The first-order valence-corrected chi connectivity index (χ1v) is 13.0. The Morgan fingerprint density at radius 3 is 2.05 bits per heavy atom. The lowest BCUT2D eigenvalue weighted by molar-refractivity contribution is -0.143. The van der Waals surface area contributed by atoms with E-state index in [4.69, 9.17) is 10.5 Å². The number of nitrogens with two attached hydrogens (primary N) is 1. The van der Waals surface area contributed by atoms with Crippen LogP contribution in [0.15, 0.2) is 84.9 Å². The van der Waals surface area contributed by atoms with Crippen LogP contribution in [-0.4, -0.2) is 67.4 Å². The standard InChI is InChI=1S/C31H38N4O4/c1-22(32)25-16-11-17-26(19-25)30(37)35(4)28(21-39-20-24-14-9-6-10-15-24)31(38)34(3)27(29(36)33-2)18-23-12-7-5-8-13-23/h5-17,19,22,27-28H,18,20-21,32H2,1-4H3,(H,33,36)/t22?,27-,28-/m1/s1. The topological polar surface area (TPSA) is 105 Å². The van der Waals surface area contributed by atoms with Gasteiger partial charge in [-0.1, -0.05) is 72.8 Å². The molecule has 0 aliphatic heterocycles. The van der Waals surface area contributed by atoms with Gasteiger partial charge in [0.15, 0.2) is 0 Å². The molecule has 8 heteroatoms. The van der Waals surface area contributed by atoms with Crippen LogP contribution in [0.5, 0.6) is 0 Å². The monoisotopic (exact) mass is 530 g/mol. The lowest BCUT2D eigenvalue weighted by Crippen LogP contribution is -2.56. The number of carbonyl (C=O) groups is 3. The summed E-state index contributed by atoms with van der Waals surface area (Å²) in [5.74, 6) is -1.03. The number of hydrogen-bond donors (Lipinski definition) is 2. The molecule has 3 amide bonds. The number of likely N-dealkylation sites (N-methyl/N-ethyl adjacent to an activating group) is 3. The molecule has 0 aliphatic carbocycles. The predicted octanol–water partition coefficient (Wildman–Crippen LogP) is 3.18. The number of benzene rings is 3. The first kappa shape index (κ1) is 29.5. The maximum Gasteiger partial charge on any atom is 0.254 e. The number of hydrogen-bond acceptors (Lipinski definition) is 5. The number of nitrogens with zero attached hydrogens (tertiary/aromatic N) is 2. The van der Waals surface area contributed by atoms with E-state index in [9.17, 15) is 14.4 Å². The van der Waals surface area contributed by atoms with Crippen LogP contribution in [0.2, 0.25) is 0 Å². The summed E-state index contributed by atoms with van der Waals surface area (Å²) in [6.45, 7) is 2.08. The molecule has 0 spiro atoms. The zero-order valence-electron chi connectivity index (χ0n) is 23.0. The van der Waals surface area contributed by atoms with Crippen molar-refractivity contribution in [3.63, 3.8) is 0 Å². The minimum atomic E-state index is -0.965. The molecule has 8 nitrogen and oxygen atoms in total. The van der Waals surface area contributed by atoms with Gasteiger partial charge in [-0.05, 0) is 35.7 Å². The van der Waals surface area contributed by atoms with Gasteiger partial charge in [0, 0.05) is 39.2 Å². The number of ether oxygens (including phenoxy) is 1. The van der Waals surface area contributed by atoms with Crippen molar-refractivity contribution >= 4 is 17.7 Å². The van der Waals surface area contributed by atoms with Crippen LogP contribution in [0.4, 0.5) is 0 Å². The van der Waals surface area contributed by atoms with Gasteiger partial charge in [0.2, 0.25) is 11.8 Å². The molecule has 39 heavy (non-hydrogen) atoms. The average Bonchev–Trinajstić information content (AvgIpc) is 2.97. The number of rotatable bonds is 12. The van der Waals surface area contributed by atoms with Crippen molar-refractivity contribution in [3.8, 4) is 0 Å². The molecule has 0 saturated heterocycles. The van der Waals surface area contributed by atoms with Gasteiger partial charge in [-0.15, -0.1) is 0 Å². The van der Waals surface area contributed by atoms with Crippen LogP contribution in [0.1, 0.15) is 40.0 Å². The summed E-state index contributed by atoms with van der Waals surface area (Å²) in [6.07, 6.45) is 0.328. The highest BCUT2D eigenvalue weighted by atomic mass is 16.5. The SMILES string of the molecule is CNC(=O)[C@@H](Cc1ccccc1)N(C)C(=O)[C@@H](COCc1ccccc1)N(C)C(=O)c1cccc(C(C)N)c1. The Kier molecular flexibility index (Phi) is 10.8. The van der Waals surface area contributed by atoms with Crippen molar-refractivity contribution in [2.24, 2.45) is 5.73 Å². The van der Waals surface area contributed by atoms with Gasteiger partial charge in [0.25, 0.3) is 5.91 Å². The van der Waals surface area contributed by atoms with Crippen molar-refractivity contribution in [2.45, 2.75) is 38.1 Å². The normalized spacial score (nSPS) is 13.2. The van der Waals surface area contributed by atoms with Gasteiger partial charge < -0.3 is 25.6 Å². The molecule has 0 radical (unpaired) electrons. The molecule has 3 N–H and O–H groups in total. The molecule has 3 aromatic rings. The summed E-state index contributed by atoms with van der Waals surface area (Å²) in [7, 11) is 4.71. The van der Waals surface area contributed by atoms with Crippen molar-refractivity contribution in [1.29, 1.82) is 0 Å². The zero-order chi connectivity index (χ0) is 28.4. The lowest BCUT2D eigenvalue weighted by Gasteiger charge is -2.34. The molecular formula is C31H38N4O4. The predicted molar refractivity (Wildman–Crippen MR) is 152 cm³/mol. The second kappa shape index (κ2) is 14.2. The van der Waals surface area contributed by atoms with Gasteiger partial charge >= 0.3 is 0 Å². The molecule has 0 heterocycles. The fraction of sp³-hybridized carbons (Fsp3) is 0.323. The number of nitrogens with one attached hydrogen (secondary N) is 1. The summed E-state index contributed by atoms with van der Waals surface area (Å²) in [5, 5.41) is 2.66. The van der Waals surface area contributed by atoms with E-state index in [-0.39, 0.29) is 31.1 Å². The fourth-order valence-electron chi connectivity index (χ4n) is 4.31. The van der Waals surface area contributed by atoms with E-state index in [0.29, 0.717) is 12.0 Å². The van der Waals surface area contributed by atoms with E-state index in [2.05, 4.69) is 5.32 Å². The number of amides is 3. The van der Waals surface area contributed by atoms with E-state index in [1.807, 2.05) is 73.7 Å². The highest BCUT2D eigenvalue weighted by Gasteiger charge is 2.35. The molecule has 1 unspecified atom stereocenters. The molecule has 3 atom stereocenters. The molecule has 0 bridgehead atoms. The Balaban J connectivity index is 1.87. The molecule has 206 valence electrons. The smallest absolute Gasteiger partial charge is 0.254 e. The molecule has 0 fully saturated rings. The third-order valence-corrected chi connectivity index (χ3v) is 6.76. The zero-order valence-corrected chi connectivity index (χ0v) is 23.0. The highest BCUT2D eigenvalue weighted by Crippen LogP contribution is 2.17. The quantitative estimate of drug-likeness (QED) is 0.374. The average molecular weight is 531 g/mol. The van der Waals surface area contributed by atoms with Gasteiger partial charge in [-0.25, -0.2) is 0 Å². The second-order valence-electron chi connectivity index (χ2n) is 9.62. The van der Waals surface area contributed by atoms with E-state index in [0.717, 1.165) is 16.7 Å². The van der Waals surface area contributed by atoms with Gasteiger partial charge in [-0.3, -0.25) is 14.4 Å². The van der Waals surface area contributed by atoms with Crippen LogP contribution < -0.4 is 11.1 Å². The summed E-state index contributed by atoms with van der Waals surface area (Å²) in [5.41, 5.74) is 9.12. The fourth-order valence-corrected chi connectivity index (χ4v) is 4.31. The molecule has 0 saturated carbocycles. The second-order valence-corrected chi connectivity index (χ2v) is 9.62. The van der Waals surface area contributed by atoms with Crippen molar-refractivity contribution in [2.75, 3.05) is 27.7 Å². The molecular weight excluding hydrogens is 492 g/mol. The van der Waals surface area contributed by atoms with E-state index in [1.54, 1.807) is 39.3 Å². The van der Waals surface area contributed by atoms with Crippen molar-refractivity contribution in [1.82, 2.24) is 15.1 Å². The van der Waals surface area contributed by atoms with Gasteiger partial charge in [-0.2, -0.15) is 0 Å². The van der Waals surface area contributed by atoms with Gasteiger partial charge in [0.1, 0.15) is 12.1 Å².